The van der Waals surface area contributed by atoms with Gasteiger partial charge in [-0.2, -0.15) is 5.26 Å². The van der Waals surface area contributed by atoms with E-state index in [1.165, 1.54) is 17.0 Å². The summed E-state index contributed by atoms with van der Waals surface area (Å²) in [6.45, 7) is 1.93. The smallest absolute Gasteiger partial charge is 0.269 e. The van der Waals surface area contributed by atoms with Crippen LogP contribution in [0.25, 0.3) is 0 Å². The third-order valence-electron chi connectivity index (χ3n) is 5.23. The number of thioether (sulfide) groups is 1. The number of halogens is 2. The Morgan fingerprint density at radius 1 is 1.09 bits per heavy atom. The average molecular weight is 492 g/mol. The van der Waals surface area contributed by atoms with Gasteiger partial charge in [0.25, 0.3) is 5.91 Å². The van der Waals surface area contributed by atoms with Gasteiger partial charge in [0.05, 0.1) is 5.25 Å². The van der Waals surface area contributed by atoms with Gasteiger partial charge in [-0.3, -0.25) is 14.5 Å². The highest BCUT2D eigenvalue weighted by atomic mass is 35.5. The number of benzene rings is 3. The van der Waals surface area contributed by atoms with Gasteiger partial charge in [-0.25, -0.2) is 4.39 Å². The second-order valence-electron chi connectivity index (χ2n) is 7.70. The molecule has 1 atom stereocenters. The van der Waals surface area contributed by atoms with Gasteiger partial charge >= 0.3 is 0 Å². The van der Waals surface area contributed by atoms with E-state index in [2.05, 4.69) is 5.32 Å². The molecule has 3 aromatic carbocycles. The Morgan fingerprint density at radius 3 is 2.35 bits per heavy atom. The summed E-state index contributed by atoms with van der Waals surface area (Å²) in [5, 5.41) is 12.8. The third-order valence-corrected chi connectivity index (χ3v) is 6.75. The highest BCUT2D eigenvalue weighted by molar-refractivity contribution is 8.05. The lowest BCUT2D eigenvalue weighted by molar-refractivity contribution is -0.117. The van der Waals surface area contributed by atoms with Crippen LogP contribution in [-0.2, 0) is 16.0 Å². The number of hydrogen-bond acceptors (Lipinski definition) is 4. The summed E-state index contributed by atoms with van der Waals surface area (Å²) in [6.07, 6.45) is 0.327. The molecule has 5 nitrogen and oxygen atoms in total. The quantitative estimate of drug-likeness (QED) is 0.359. The van der Waals surface area contributed by atoms with E-state index in [-0.39, 0.29) is 22.3 Å². The number of hydrogen-bond donors (Lipinski definition) is 1. The fourth-order valence-corrected chi connectivity index (χ4v) is 4.91. The first-order chi connectivity index (χ1) is 16.4. The van der Waals surface area contributed by atoms with Crippen LogP contribution in [0.3, 0.4) is 0 Å². The maximum absolute atomic E-state index is 13.5. The van der Waals surface area contributed by atoms with Gasteiger partial charge in [0, 0.05) is 16.4 Å². The molecule has 0 spiro atoms. The summed E-state index contributed by atoms with van der Waals surface area (Å²) in [5.41, 5.74) is 2.66. The lowest BCUT2D eigenvalue weighted by atomic mass is 10.1. The van der Waals surface area contributed by atoms with Crippen LogP contribution >= 0.6 is 23.4 Å². The van der Waals surface area contributed by atoms with E-state index in [0.29, 0.717) is 22.8 Å². The predicted molar refractivity (Wildman–Crippen MR) is 133 cm³/mol. The SMILES string of the molecule is Cc1ccc(N2C(=O)C(Cc3ccc(F)cc3)S/C2=C(/C#N)C(=O)Nc2ccc(Cl)cc2)cc1. The van der Waals surface area contributed by atoms with Gasteiger partial charge in [0.15, 0.2) is 0 Å². The number of rotatable bonds is 5. The Hall–Kier alpha value is -3.60. The van der Waals surface area contributed by atoms with Crippen molar-refractivity contribution in [2.24, 2.45) is 0 Å². The normalized spacial score (nSPS) is 16.8. The standard InChI is InChI=1S/C26H19ClFN3O2S/c1-16-2-12-21(13-3-16)31-25(33)23(14-17-4-8-19(28)9-5-17)34-26(31)22(15-29)24(32)30-20-10-6-18(27)7-11-20/h2-13,23H,14H2,1H3,(H,30,32)/b26-22-. The molecule has 1 unspecified atom stereocenters. The minimum absolute atomic E-state index is 0.171. The van der Waals surface area contributed by atoms with Crippen molar-refractivity contribution in [3.05, 3.63) is 105 Å². The summed E-state index contributed by atoms with van der Waals surface area (Å²) in [6, 6.07) is 21.7. The summed E-state index contributed by atoms with van der Waals surface area (Å²) in [7, 11) is 0. The van der Waals surface area contributed by atoms with Crippen molar-refractivity contribution < 1.29 is 14.0 Å². The van der Waals surface area contributed by atoms with E-state index in [1.807, 2.05) is 25.1 Å². The second-order valence-corrected chi connectivity index (χ2v) is 9.33. The molecule has 1 N–H and O–H groups in total. The lowest BCUT2D eigenvalue weighted by Crippen LogP contribution is -2.30. The van der Waals surface area contributed by atoms with Gasteiger partial charge in [0.2, 0.25) is 5.91 Å². The van der Waals surface area contributed by atoms with Crippen LogP contribution in [0.4, 0.5) is 15.8 Å². The number of amides is 2. The molecular weight excluding hydrogens is 473 g/mol. The van der Waals surface area contributed by atoms with Crippen molar-refractivity contribution in [3.63, 3.8) is 0 Å². The molecule has 0 saturated carbocycles. The Morgan fingerprint density at radius 2 is 1.74 bits per heavy atom. The van der Waals surface area contributed by atoms with Crippen LogP contribution in [0, 0.1) is 24.1 Å². The zero-order chi connectivity index (χ0) is 24.2. The fraction of sp³-hybridized carbons (Fsp3) is 0.115. The molecule has 8 heteroatoms. The van der Waals surface area contributed by atoms with Gasteiger partial charge < -0.3 is 5.32 Å². The lowest BCUT2D eigenvalue weighted by Gasteiger charge is -2.19. The van der Waals surface area contributed by atoms with Crippen molar-refractivity contribution in [1.82, 2.24) is 0 Å². The number of carbonyl (C=O) groups excluding carboxylic acids is 2. The minimum Gasteiger partial charge on any atom is -0.321 e. The van der Waals surface area contributed by atoms with E-state index in [1.54, 1.807) is 48.5 Å². The van der Waals surface area contributed by atoms with Crippen LogP contribution in [0.15, 0.2) is 83.4 Å². The monoisotopic (exact) mass is 491 g/mol. The molecule has 1 heterocycles. The molecule has 4 rings (SSSR count). The number of nitriles is 1. The van der Waals surface area contributed by atoms with Crippen molar-refractivity contribution in [1.29, 1.82) is 5.26 Å². The molecule has 170 valence electrons. The van der Waals surface area contributed by atoms with Crippen molar-refractivity contribution in [3.8, 4) is 6.07 Å². The van der Waals surface area contributed by atoms with Crippen LogP contribution < -0.4 is 10.2 Å². The van der Waals surface area contributed by atoms with Crippen LogP contribution in [0.1, 0.15) is 11.1 Å². The molecule has 0 bridgehead atoms. The first kappa shape index (κ1) is 23.6. The summed E-state index contributed by atoms with van der Waals surface area (Å²) in [4.78, 5) is 27.9. The fourth-order valence-electron chi connectivity index (χ4n) is 3.48. The predicted octanol–water partition coefficient (Wildman–Crippen LogP) is 5.85. The van der Waals surface area contributed by atoms with Gasteiger partial charge in [-0.15, -0.1) is 0 Å². The Labute approximate surface area is 205 Å². The number of nitrogens with zero attached hydrogens (tertiary/aromatic N) is 2. The van der Waals surface area contributed by atoms with E-state index in [4.69, 9.17) is 11.6 Å². The van der Waals surface area contributed by atoms with Crippen molar-refractivity contribution in [2.75, 3.05) is 10.2 Å². The minimum atomic E-state index is -0.625. The van der Waals surface area contributed by atoms with E-state index >= 15 is 0 Å². The molecule has 1 fully saturated rings. The molecule has 3 aromatic rings. The highest BCUT2D eigenvalue weighted by Crippen LogP contribution is 2.42. The summed E-state index contributed by atoms with van der Waals surface area (Å²) >= 11 is 7.06. The molecule has 34 heavy (non-hydrogen) atoms. The molecule has 0 aromatic heterocycles. The molecule has 2 amide bonds. The van der Waals surface area contributed by atoms with Gasteiger partial charge in [0.1, 0.15) is 22.5 Å². The summed E-state index contributed by atoms with van der Waals surface area (Å²) < 4.78 is 13.3. The Bertz CT molecular complexity index is 1300. The van der Waals surface area contributed by atoms with E-state index in [0.717, 1.165) is 22.9 Å². The van der Waals surface area contributed by atoms with Gasteiger partial charge in [-0.05, 0) is 67.4 Å². The number of carbonyl (C=O) groups is 2. The van der Waals surface area contributed by atoms with Crippen molar-refractivity contribution >= 4 is 46.6 Å². The molecule has 1 aliphatic rings. The average Bonchev–Trinajstić information content (AvgIpc) is 3.13. The largest absolute Gasteiger partial charge is 0.321 e. The molecule has 1 aliphatic heterocycles. The zero-order valence-corrected chi connectivity index (χ0v) is 19.7. The topological polar surface area (TPSA) is 73.2 Å². The molecule has 0 radical (unpaired) electrons. The highest BCUT2D eigenvalue weighted by Gasteiger charge is 2.40. The number of aryl methyl sites for hydroxylation is 1. The molecular formula is C26H19ClFN3O2S. The first-order valence-corrected chi connectivity index (χ1v) is 11.6. The second kappa shape index (κ2) is 10.1. The molecule has 1 saturated heterocycles. The van der Waals surface area contributed by atoms with E-state index < -0.39 is 11.2 Å². The summed E-state index contributed by atoms with van der Waals surface area (Å²) in [5.74, 6) is -1.23. The van der Waals surface area contributed by atoms with Crippen LogP contribution in [0.5, 0.6) is 0 Å². The Balaban J connectivity index is 1.71. The first-order valence-electron chi connectivity index (χ1n) is 10.4. The number of nitrogens with one attached hydrogen (secondary N) is 1. The zero-order valence-electron chi connectivity index (χ0n) is 18.1. The number of anilines is 2. The third kappa shape index (κ3) is 5.14. The van der Waals surface area contributed by atoms with Gasteiger partial charge in [-0.1, -0.05) is 53.2 Å². The van der Waals surface area contributed by atoms with Crippen LogP contribution in [-0.4, -0.2) is 17.1 Å². The Kier molecular flexibility index (Phi) is 7.01. The van der Waals surface area contributed by atoms with Crippen LogP contribution in [0.2, 0.25) is 5.02 Å². The maximum Gasteiger partial charge on any atom is 0.269 e. The van der Waals surface area contributed by atoms with Crippen molar-refractivity contribution in [2.45, 2.75) is 18.6 Å². The molecule has 0 aliphatic carbocycles. The maximum atomic E-state index is 13.5. The van der Waals surface area contributed by atoms with E-state index in [9.17, 15) is 19.2 Å².